The summed E-state index contributed by atoms with van der Waals surface area (Å²) in [5.41, 5.74) is -0.532. The van der Waals surface area contributed by atoms with Crippen LogP contribution in [-0.2, 0) is 0 Å². The van der Waals surface area contributed by atoms with E-state index in [1.54, 1.807) is 12.3 Å². The fraction of sp³-hybridized carbons (Fsp3) is 0.263. The average Bonchev–Trinajstić information content (AvgIpc) is 3.18. The number of amides is 1. The molecule has 0 spiro atoms. The smallest absolute Gasteiger partial charge is 0.277 e. The molecule has 3 heterocycles. The van der Waals surface area contributed by atoms with Gasteiger partial charge in [-0.3, -0.25) is 14.9 Å². The minimum absolute atomic E-state index is 0.00136. The van der Waals surface area contributed by atoms with Crippen molar-refractivity contribution in [1.82, 2.24) is 20.1 Å². The van der Waals surface area contributed by atoms with E-state index in [4.69, 9.17) is 0 Å². The van der Waals surface area contributed by atoms with Gasteiger partial charge in [0.25, 0.3) is 11.5 Å². The Balaban J connectivity index is 1.54. The van der Waals surface area contributed by atoms with Gasteiger partial charge in [-0.1, -0.05) is 12.1 Å². The van der Waals surface area contributed by atoms with Crippen LogP contribution in [-0.4, -0.2) is 33.8 Å². The van der Waals surface area contributed by atoms with Crippen LogP contribution < -0.4 is 16.2 Å². The van der Waals surface area contributed by atoms with Crippen LogP contribution in [0.3, 0.4) is 0 Å². The molecule has 1 amide bonds. The van der Waals surface area contributed by atoms with Crippen molar-refractivity contribution in [3.8, 4) is 5.69 Å². The predicted molar refractivity (Wildman–Crippen MR) is 105 cm³/mol. The SMILES string of the molecule is O=C(Nc1ncc(C2CCNCC2)s1)c1ccc(=O)n(-c2ccccc2F)n1. The summed E-state index contributed by atoms with van der Waals surface area (Å²) < 4.78 is 14.9. The highest BCUT2D eigenvalue weighted by Gasteiger charge is 2.19. The quantitative estimate of drug-likeness (QED) is 0.704. The number of hydrogen-bond acceptors (Lipinski definition) is 6. The molecule has 0 radical (unpaired) electrons. The van der Waals surface area contributed by atoms with Crippen molar-refractivity contribution in [3.63, 3.8) is 0 Å². The first-order valence-electron chi connectivity index (χ1n) is 8.95. The number of hydrogen-bond donors (Lipinski definition) is 2. The monoisotopic (exact) mass is 399 g/mol. The Kier molecular flexibility index (Phi) is 5.27. The summed E-state index contributed by atoms with van der Waals surface area (Å²) in [6, 6.07) is 8.28. The molecule has 0 unspecified atom stereocenters. The first-order valence-corrected chi connectivity index (χ1v) is 9.76. The molecule has 0 aliphatic carbocycles. The molecule has 9 heteroatoms. The molecule has 1 fully saturated rings. The Labute approximate surface area is 164 Å². The molecule has 1 aliphatic rings. The second-order valence-corrected chi connectivity index (χ2v) is 7.53. The molecular weight excluding hydrogens is 381 g/mol. The second-order valence-electron chi connectivity index (χ2n) is 6.47. The van der Waals surface area contributed by atoms with E-state index in [-0.39, 0.29) is 11.4 Å². The largest absolute Gasteiger partial charge is 0.317 e. The van der Waals surface area contributed by atoms with Crippen LogP contribution in [0.4, 0.5) is 9.52 Å². The van der Waals surface area contributed by atoms with Gasteiger partial charge in [0.2, 0.25) is 0 Å². The predicted octanol–water partition coefficient (Wildman–Crippen LogP) is 2.55. The van der Waals surface area contributed by atoms with Gasteiger partial charge in [-0.2, -0.15) is 9.78 Å². The summed E-state index contributed by atoms with van der Waals surface area (Å²) in [7, 11) is 0. The summed E-state index contributed by atoms with van der Waals surface area (Å²) >= 11 is 1.44. The molecule has 3 aromatic rings. The van der Waals surface area contributed by atoms with Gasteiger partial charge in [-0.25, -0.2) is 9.37 Å². The van der Waals surface area contributed by atoms with Crippen LogP contribution in [0, 0.1) is 5.82 Å². The zero-order chi connectivity index (χ0) is 19.5. The van der Waals surface area contributed by atoms with E-state index in [1.165, 1.54) is 41.7 Å². The summed E-state index contributed by atoms with van der Waals surface area (Å²) in [5, 5.41) is 10.5. The molecule has 0 bridgehead atoms. The molecule has 1 aliphatic heterocycles. The van der Waals surface area contributed by atoms with Crippen molar-refractivity contribution in [1.29, 1.82) is 0 Å². The van der Waals surface area contributed by atoms with Crippen LogP contribution >= 0.6 is 11.3 Å². The number of halogens is 1. The summed E-state index contributed by atoms with van der Waals surface area (Å²) in [5.74, 6) is -0.650. The van der Waals surface area contributed by atoms with Crippen LogP contribution in [0.2, 0.25) is 0 Å². The molecule has 4 rings (SSSR count). The Hall–Kier alpha value is -2.91. The number of para-hydroxylation sites is 1. The molecule has 7 nitrogen and oxygen atoms in total. The summed E-state index contributed by atoms with van der Waals surface area (Å²) in [6.45, 7) is 1.96. The highest BCUT2D eigenvalue weighted by Crippen LogP contribution is 2.31. The minimum Gasteiger partial charge on any atom is -0.317 e. The number of nitrogens with one attached hydrogen (secondary N) is 2. The molecule has 28 heavy (non-hydrogen) atoms. The lowest BCUT2D eigenvalue weighted by atomic mass is 9.97. The molecule has 1 saturated heterocycles. The van der Waals surface area contributed by atoms with Gasteiger partial charge >= 0.3 is 0 Å². The van der Waals surface area contributed by atoms with Crippen molar-refractivity contribution in [2.75, 3.05) is 18.4 Å². The van der Waals surface area contributed by atoms with E-state index in [1.807, 2.05) is 0 Å². The Morgan fingerprint density at radius 1 is 1.21 bits per heavy atom. The van der Waals surface area contributed by atoms with E-state index >= 15 is 0 Å². The molecule has 0 saturated carbocycles. The van der Waals surface area contributed by atoms with Crippen molar-refractivity contribution >= 4 is 22.4 Å². The van der Waals surface area contributed by atoms with Gasteiger partial charge < -0.3 is 5.32 Å². The fourth-order valence-electron chi connectivity index (χ4n) is 3.13. The maximum absolute atomic E-state index is 14.0. The topological polar surface area (TPSA) is 88.9 Å². The van der Waals surface area contributed by atoms with Crippen LogP contribution in [0.1, 0.15) is 34.1 Å². The lowest BCUT2D eigenvalue weighted by molar-refractivity contribution is 0.102. The van der Waals surface area contributed by atoms with Gasteiger partial charge in [0.05, 0.1) is 0 Å². The number of benzene rings is 1. The van der Waals surface area contributed by atoms with Crippen LogP contribution in [0.25, 0.3) is 5.69 Å². The Bertz CT molecular complexity index is 1060. The number of piperidine rings is 1. The molecule has 0 atom stereocenters. The number of anilines is 1. The maximum atomic E-state index is 14.0. The first kappa shape index (κ1) is 18.5. The standard InChI is InChI=1S/C19H18FN5O2S/c20-13-3-1-2-4-15(13)25-17(26)6-5-14(24-25)18(27)23-19-22-11-16(28-19)12-7-9-21-10-8-12/h1-6,11-12,21H,7-10H2,(H,22,23,27). The van der Waals surface area contributed by atoms with E-state index in [9.17, 15) is 14.0 Å². The lowest BCUT2D eigenvalue weighted by Gasteiger charge is -2.20. The van der Waals surface area contributed by atoms with E-state index in [2.05, 4.69) is 20.7 Å². The molecule has 1 aromatic carbocycles. The number of nitrogens with zero attached hydrogens (tertiary/aromatic N) is 3. The molecule has 2 aromatic heterocycles. The summed E-state index contributed by atoms with van der Waals surface area (Å²) in [4.78, 5) is 30.0. The van der Waals surface area contributed by atoms with Gasteiger partial charge in [-0.05, 0) is 50.0 Å². The number of thiazole rings is 1. The number of aromatic nitrogens is 3. The van der Waals surface area contributed by atoms with Crippen molar-refractivity contribution in [2.24, 2.45) is 0 Å². The fourth-order valence-corrected chi connectivity index (χ4v) is 4.11. The highest BCUT2D eigenvalue weighted by atomic mass is 32.1. The zero-order valence-corrected chi connectivity index (χ0v) is 15.7. The van der Waals surface area contributed by atoms with Crippen LogP contribution in [0.15, 0.2) is 47.4 Å². The third-order valence-corrected chi connectivity index (χ3v) is 5.67. The Morgan fingerprint density at radius 2 is 2.00 bits per heavy atom. The normalized spacial score (nSPS) is 14.8. The molecule has 144 valence electrons. The third kappa shape index (κ3) is 3.85. The van der Waals surface area contributed by atoms with Crippen LogP contribution in [0.5, 0.6) is 0 Å². The number of carbonyl (C=O) groups excluding carboxylic acids is 1. The number of rotatable bonds is 4. The van der Waals surface area contributed by atoms with Crippen molar-refractivity contribution in [2.45, 2.75) is 18.8 Å². The van der Waals surface area contributed by atoms with Crippen molar-refractivity contribution < 1.29 is 9.18 Å². The van der Waals surface area contributed by atoms with Gasteiger partial charge in [0.15, 0.2) is 5.13 Å². The van der Waals surface area contributed by atoms with E-state index in [0.29, 0.717) is 11.0 Å². The number of carbonyl (C=O) groups is 1. The summed E-state index contributed by atoms with van der Waals surface area (Å²) in [6.07, 6.45) is 3.89. The average molecular weight is 399 g/mol. The van der Waals surface area contributed by atoms with Crippen molar-refractivity contribution in [3.05, 3.63) is 69.3 Å². The van der Waals surface area contributed by atoms with E-state index < -0.39 is 17.3 Å². The lowest BCUT2D eigenvalue weighted by Crippen LogP contribution is -2.26. The second kappa shape index (κ2) is 7.99. The maximum Gasteiger partial charge on any atom is 0.277 e. The minimum atomic E-state index is -0.596. The Morgan fingerprint density at radius 3 is 2.79 bits per heavy atom. The van der Waals surface area contributed by atoms with Gasteiger partial charge in [0, 0.05) is 17.1 Å². The first-order chi connectivity index (χ1) is 13.6. The third-order valence-electron chi connectivity index (χ3n) is 4.60. The highest BCUT2D eigenvalue weighted by molar-refractivity contribution is 7.15. The van der Waals surface area contributed by atoms with Gasteiger partial charge in [0.1, 0.15) is 17.2 Å². The molecular formula is C19H18FN5O2S. The van der Waals surface area contributed by atoms with Gasteiger partial charge in [-0.15, -0.1) is 11.3 Å². The zero-order valence-electron chi connectivity index (χ0n) is 14.9. The molecule has 2 N–H and O–H groups in total. The van der Waals surface area contributed by atoms with E-state index in [0.717, 1.165) is 35.5 Å².